The van der Waals surface area contributed by atoms with E-state index in [9.17, 15) is 26.4 Å². The maximum atomic E-state index is 12.2. The van der Waals surface area contributed by atoms with Crippen molar-refractivity contribution in [3.8, 4) is 11.5 Å². The molecule has 3 rings (SSSR count). The number of ether oxygens (including phenoxy) is 2. The lowest BCUT2D eigenvalue weighted by molar-refractivity contribution is -0.121. The van der Waals surface area contributed by atoms with Crippen molar-refractivity contribution >= 4 is 39.3 Å². The van der Waals surface area contributed by atoms with Gasteiger partial charge in [0.1, 0.15) is 19.8 Å². The Labute approximate surface area is 180 Å². The number of anilines is 1. The average molecular weight is 477 g/mol. The van der Waals surface area contributed by atoms with Crippen LogP contribution in [0.25, 0.3) is 6.08 Å². The van der Waals surface area contributed by atoms with Crippen LogP contribution in [-0.2, 0) is 14.8 Å². The highest BCUT2D eigenvalue weighted by molar-refractivity contribution is 7.89. The quantitative estimate of drug-likeness (QED) is 0.621. The van der Waals surface area contributed by atoms with Gasteiger partial charge < -0.3 is 14.8 Å². The van der Waals surface area contributed by atoms with E-state index in [1.54, 1.807) is 12.1 Å². The lowest BCUT2D eigenvalue weighted by atomic mass is 10.1. The van der Waals surface area contributed by atoms with Crippen LogP contribution in [0.1, 0.15) is 5.56 Å². The molecule has 0 saturated carbocycles. The fourth-order valence-electron chi connectivity index (χ4n) is 2.56. The Balaban J connectivity index is 1.63. The molecule has 0 bridgehead atoms. The number of amides is 1. The highest BCUT2D eigenvalue weighted by Gasteiger charge is 2.30. The van der Waals surface area contributed by atoms with Crippen molar-refractivity contribution in [2.24, 2.45) is 0 Å². The van der Waals surface area contributed by atoms with Crippen LogP contribution in [0.2, 0.25) is 5.02 Å². The summed E-state index contributed by atoms with van der Waals surface area (Å²) in [7, 11) is -4.33. The smallest absolute Gasteiger partial charge is 0.402 e. The van der Waals surface area contributed by atoms with Crippen LogP contribution in [0, 0.1) is 0 Å². The van der Waals surface area contributed by atoms with E-state index in [0.717, 1.165) is 12.1 Å². The number of hydrogen-bond donors (Lipinski definition) is 2. The zero-order valence-electron chi connectivity index (χ0n) is 15.7. The molecule has 0 unspecified atom stereocenters. The molecule has 0 fully saturated rings. The number of nitrogens with one attached hydrogen (secondary N) is 2. The van der Waals surface area contributed by atoms with Crippen LogP contribution in [0.3, 0.4) is 0 Å². The van der Waals surface area contributed by atoms with Crippen LogP contribution in [0.15, 0.2) is 47.4 Å². The number of benzene rings is 2. The summed E-state index contributed by atoms with van der Waals surface area (Å²) in [5, 5.41) is 2.86. The summed E-state index contributed by atoms with van der Waals surface area (Å²) < 4.78 is 72.7. The van der Waals surface area contributed by atoms with Gasteiger partial charge in [0.25, 0.3) is 0 Å². The van der Waals surface area contributed by atoms with Gasteiger partial charge in [0.15, 0.2) is 11.5 Å². The standard InChI is InChI=1S/C19H16ClF3N2O5S/c20-15-9-12(10-16-18(15)30-8-7-29-16)1-6-17(26)25-13-2-4-14(5-3-13)31(27,28)24-11-19(21,22)23/h1-6,9-10,24H,7-8,11H2,(H,25,26)/b6-1+. The molecule has 7 nitrogen and oxygen atoms in total. The first-order valence-electron chi connectivity index (χ1n) is 8.78. The van der Waals surface area contributed by atoms with Gasteiger partial charge in [-0.3, -0.25) is 4.79 Å². The van der Waals surface area contributed by atoms with E-state index in [4.69, 9.17) is 21.1 Å². The molecule has 166 valence electrons. The predicted molar refractivity (Wildman–Crippen MR) is 108 cm³/mol. The maximum absolute atomic E-state index is 12.2. The minimum atomic E-state index is -4.67. The Hall–Kier alpha value is -2.76. The Morgan fingerprint density at radius 3 is 2.48 bits per heavy atom. The monoisotopic (exact) mass is 476 g/mol. The molecule has 2 aromatic carbocycles. The van der Waals surface area contributed by atoms with Gasteiger partial charge in [0, 0.05) is 11.8 Å². The third kappa shape index (κ3) is 6.36. The molecule has 2 N–H and O–H groups in total. The summed E-state index contributed by atoms with van der Waals surface area (Å²) in [5.74, 6) is 0.390. The first-order valence-corrected chi connectivity index (χ1v) is 10.6. The molecule has 12 heteroatoms. The fraction of sp³-hybridized carbons (Fsp3) is 0.211. The van der Waals surface area contributed by atoms with Gasteiger partial charge >= 0.3 is 6.18 Å². The molecule has 0 aromatic heterocycles. The number of rotatable bonds is 6. The van der Waals surface area contributed by atoms with E-state index in [2.05, 4.69) is 5.32 Å². The molecular formula is C19H16ClF3N2O5S. The molecule has 1 heterocycles. The number of sulfonamides is 1. The minimum Gasteiger partial charge on any atom is -0.486 e. The molecule has 2 aromatic rings. The third-order valence-corrected chi connectivity index (χ3v) is 5.64. The lowest BCUT2D eigenvalue weighted by Gasteiger charge is -2.19. The van der Waals surface area contributed by atoms with Gasteiger partial charge in [-0.15, -0.1) is 0 Å². The van der Waals surface area contributed by atoms with E-state index in [1.807, 2.05) is 0 Å². The van der Waals surface area contributed by atoms with Crippen LogP contribution < -0.4 is 19.5 Å². The van der Waals surface area contributed by atoms with E-state index in [0.29, 0.717) is 35.3 Å². The van der Waals surface area contributed by atoms with Crippen molar-refractivity contribution in [3.05, 3.63) is 53.1 Å². The second kappa shape index (κ2) is 9.16. The van der Waals surface area contributed by atoms with Gasteiger partial charge in [-0.1, -0.05) is 11.6 Å². The topological polar surface area (TPSA) is 93.7 Å². The number of alkyl halides is 3. The number of carbonyl (C=O) groups excluding carboxylic acids is 1. The van der Waals surface area contributed by atoms with Gasteiger partial charge in [-0.25, -0.2) is 13.1 Å². The van der Waals surface area contributed by atoms with Crippen LogP contribution in [0.4, 0.5) is 18.9 Å². The van der Waals surface area contributed by atoms with Crippen LogP contribution in [0.5, 0.6) is 11.5 Å². The van der Waals surface area contributed by atoms with Crippen molar-refractivity contribution in [2.45, 2.75) is 11.1 Å². The first-order chi connectivity index (χ1) is 14.5. The molecule has 0 spiro atoms. The molecular weight excluding hydrogens is 461 g/mol. The Kier molecular flexibility index (Phi) is 6.77. The van der Waals surface area contributed by atoms with Gasteiger partial charge in [-0.05, 0) is 48.0 Å². The Morgan fingerprint density at radius 2 is 1.81 bits per heavy atom. The first kappa shape index (κ1) is 22.9. The summed E-state index contributed by atoms with van der Waals surface area (Å²) >= 11 is 6.14. The molecule has 0 saturated heterocycles. The summed E-state index contributed by atoms with van der Waals surface area (Å²) in [6.07, 6.45) is -1.94. The third-order valence-electron chi connectivity index (χ3n) is 3.94. The molecule has 31 heavy (non-hydrogen) atoms. The highest BCUT2D eigenvalue weighted by atomic mass is 35.5. The number of carbonyl (C=O) groups is 1. The highest BCUT2D eigenvalue weighted by Crippen LogP contribution is 2.38. The minimum absolute atomic E-state index is 0.254. The molecule has 0 radical (unpaired) electrons. The van der Waals surface area contributed by atoms with Crippen LogP contribution in [-0.4, -0.2) is 40.3 Å². The molecule has 1 amide bonds. The number of hydrogen-bond acceptors (Lipinski definition) is 5. The number of halogens is 4. The van der Waals surface area contributed by atoms with E-state index in [-0.39, 0.29) is 10.6 Å². The maximum Gasteiger partial charge on any atom is 0.402 e. The summed E-state index contributed by atoms with van der Waals surface area (Å²) in [4.78, 5) is 11.7. The SMILES string of the molecule is O=C(/C=C/c1cc(Cl)c2c(c1)OCCO2)Nc1ccc(S(=O)(=O)NCC(F)(F)F)cc1. The van der Waals surface area contributed by atoms with Crippen molar-refractivity contribution in [2.75, 3.05) is 25.1 Å². The second-order valence-corrected chi connectivity index (χ2v) is 8.49. The van der Waals surface area contributed by atoms with Crippen molar-refractivity contribution in [1.82, 2.24) is 4.72 Å². The van der Waals surface area contributed by atoms with Crippen molar-refractivity contribution in [3.63, 3.8) is 0 Å². The summed E-state index contributed by atoms with van der Waals surface area (Å²) in [6, 6.07) is 7.95. The van der Waals surface area contributed by atoms with E-state index >= 15 is 0 Å². The summed E-state index contributed by atoms with van der Waals surface area (Å²) in [5.41, 5.74) is 0.853. The zero-order valence-corrected chi connectivity index (χ0v) is 17.3. The predicted octanol–water partition coefficient (Wildman–Crippen LogP) is 3.60. The fourth-order valence-corrected chi connectivity index (χ4v) is 3.85. The van der Waals surface area contributed by atoms with E-state index in [1.165, 1.54) is 29.0 Å². The normalized spacial score (nSPS) is 13.9. The molecule has 1 aliphatic rings. The van der Waals surface area contributed by atoms with Crippen molar-refractivity contribution < 1.29 is 35.9 Å². The molecule has 0 aliphatic carbocycles. The second-order valence-electron chi connectivity index (χ2n) is 6.31. The lowest BCUT2D eigenvalue weighted by Crippen LogP contribution is -2.33. The largest absolute Gasteiger partial charge is 0.486 e. The van der Waals surface area contributed by atoms with Gasteiger partial charge in [-0.2, -0.15) is 13.2 Å². The van der Waals surface area contributed by atoms with Crippen LogP contribution >= 0.6 is 11.6 Å². The molecule has 0 atom stereocenters. The van der Waals surface area contributed by atoms with E-state index < -0.39 is 28.7 Å². The van der Waals surface area contributed by atoms with Gasteiger partial charge in [0.05, 0.1) is 9.92 Å². The average Bonchev–Trinajstić information content (AvgIpc) is 2.71. The zero-order chi connectivity index (χ0) is 22.6. The Bertz CT molecular complexity index is 1100. The van der Waals surface area contributed by atoms with Crippen molar-refractivity contribution in [1.29, 1.82) is 0 Å². The molecule has 1 aliphatic heterocycles. The van der Waals surface area contributed by atoms with Gasteiger partial charge in [0.2, 0.25) is 15.9 Å². The summed E-state index contributed by atoms with van der Waals surface area (Å²) in [6.45, 7) is -0.903. The Morgan fingerprint density at radius 1 is 1.13 bits per heavy atom. The number of fused-ring (bicyclic) bond motifs is 1.